The highest BCUT2D eigenvalue weighted by Gasteiger charge is 2.17. The summed E-state index contributed by atoms with van der Waals surface area (Å²) in [4.78, 5) is 2.02. The predicted molar refractivity (Wildman–Crippen MR) is 73.8 cm³/mol. The number of thiophene rings is 1. The predicted octanol–water partition coefficient (Wildman–Crippen LogP) is 0.514. The lowest BCUT2D eigenvalue weighted by Gasteiger charge is -2.09. The number of nitrogens with zero attached hydrogens (tertiary/aromatic N) is 2. The Kier molecular flexibility index (Phi) is 3.69. The summed E-state index contributed by atoms with van der Waals surface area (Å²) in [6.07, 6.45) is 0. The van der Waals surface area contributed by atoms with Crippen molar-refractivity contribution in [3.63, 3.8) is 0 Å². The Morgan fingerprint density at radius 1 is 1.33 bits per heavy atom. The molecule has 4 nitrogen and oxygen atoms in total. The van der Waals surface area contributed by atoms with Crippen molar-refractivity contribution in [2.75, 3.05) is 14.1 Å². The van der Waals surface area contributed by atoms with Gasteiger partial charge in [-0.3, -0.25) is 0 Å². The zero-order valence-electron chi connectivity index (χ0n) is 10.2. The van der Waals surface area contributed by atoms with E-state index >= 15 is 0 Å². The first-order valence-corrected chi connectivity index (χ1v) is 6.30. The third-order valence-corrected chi connectivity index (χ3v) is 3.79. The lowest BCUT2D eigenvalue weighted by Crippen LogP contribution is -2.26. The molecular weight excluding hydrogens is 247 g/mol. The van der Waals surface area contributed by atoms with Gasteiger partial charge < -0.3 is 14.9 Å². The maximum absolute atomic E-state index is 9.18. The van der Waals surface area contributed by atoms with Crippen LogP contribution < -0.4 is 4.78 Å². The Labute approximate surface area is 110 Å². The highest BCUT2D eigenvalue weighted by atomic mass is 32.1. The van der Waals surface area contributed by atoms with E-state index in [1.54, 1.807) is 6.07 Å². The quantitative estimate of drug-likeness (QED) is 0.789. The first-order chi connectivity index (χ1) is 8.51. The van der Waals surface area contributed by atoms with E-state index in [4.69, 9.17) is 5.26 Å². The van der Waals surface area contributed by atoms with Crippen LogP contribution in [0, 0.1) is 11.3 Å². The molecular formula is C12H13BN2O2S. The molecule has 0 radical (unpaired) electrons. The van der Waals surface area contributed by atoms with E-state index in [0.29, 0.717) is 10.3 Å². The Hall–Kier alpha value is -1.39. The van der Waals surface area contributed by atoms with Gasteiger partial charge >= 0.3 is 7.12 Å². The lowest BCUT2D eigenvalue weighted by atomic mass is 9.89. The van der Waals surface area contributed by atoms with Crippen LogP contribution in [-0.4, -0.2) is 36.2 Å². The minimum absolute atomic E-state index is 0.462. The van der Waals surface area contributed by atoms with Crippen molar-refractivity contribution in [1.82, 2.24) is 4.90 Å². The molecule has 0 atom stereocenters. The summed E-state index contributed by atoms with van der Waals surface area (Å²) in [6, 6.07) is 7.73. The van der Waals surface area contributed by atoms with Gasteiger partial charge in [-0.05, 0) is 43.2 Å². The number of fused-ring (bicyclic) bond motifs is 1. The molecule has 0 fully saturated rings. The van der Waals surface area contributed by atoms with Crippen molar-refractivity contribution in [3.8, 4) is 6.07 Å². The van der Waals surface area contributed by atoms with Gasteiger partial charge in [0.15, 0.2) is 0 Å². The average Bonchev–Trinajstić information content (AvgIpc) is 2.70. The summed E-state index contributed by atoms with van der Waals surface area (Å²) in [5.41, 5.74) is 1.63. The van der Waals surface area contributed by atoms with E-state index in [-0.39, 0.29) is 0 Å². The molecule has 6 heteroatoms. The van der Waals surface area contributed by atoms with Crippen LogP contribution in [0.15, 0.2) is 18.2 Å². The van der Waals surface area contributed by atoms with Crippen molar-refractivity contribution < 1.29 is 10.0 Å². The van der Waals surface area contributed by atoms with Gasteiger partial charge in [0.1, 0.15) is 6.07 Å². The van der Waals surface area contributed by atoms with Gasteiger partial charge in [-0.2, -0.15) is 5.26 Å². The third-order valence-electron chi connectivity index (χ3n) is 2.57. The van der Waals surface area contributed by atoms with E-state index in [9.17, 15) is 10.0 Å². The van der Waals surface area contributed by atoms with Gasteiger partial charge in [-0.25, -0.2) is 0 Å². The second-order valence-electron chi connectivity index (χ2n) is 4.43. The van der Waals surface area contributed by atoms with Crippen LogP contribution in [0.1, 0.15) is 11.1 Å². The van der Waals surface area contributed by atoms with Crippen LogP contribution in [0.3, 0.4) is 0 Å². The fraction of sp³-hybridized carbons (Fsp3) is 0.250. The number of nitriles is 1. The number of benzene rings is 1. The molecule has 0 aliphatic carbocycles. The summed E-state index contributed by atoms with van der Waals surface area (Å²) in [5.74, 6) is 0. The topological polar surface area (TPSA) is 67.5 Å². The molecule has 1 aromatic heterocycles. The molecule has 0 unspecified atom stereocenters. The van der Waals surface area contributed by atoms with Gasteiger partial charge in [-0.15, -0.1) is 11.3 Å². The van der Waals surface area contributed by atoms with Gasteiger partial charge in [0.05, 0.1) is 10.3 Å². The fourth-order valence-corrected chi connectivity index (χ4v) is 2.88. The summed E-state index contributed by atoms with van der Waals surface area (Å²) < 4.78 is 1.27. The van der Waals surface area contributed by atoms with E-state index < -0.39 is 7.12 Å². The number of hydrogen-bond donors (Lipinski definition) is 2. The van der Waals surface area contributed by atoms with Gasteiger partial charge in [-0.1, -0.05) is 0 Å². The maximum Gasteiger partial charge on any atom is 0.499 e. The molecule has 0 saturated carbocycles. The minimum atomic E-state index is -1.48. The van der Waals surface area contributed by atoms with Crippen molar-refractivity contribution >= 4 is 33.3 Å². The highest BCUT2D eigenvalue weighted by Crippen LogP contribution is 2.25. The van der Waals surface area contributed by atoms with Crippen LogP contribution in [0.2, 0.25) is 0 Å². The SMILES string of the molecule is CN(C)Cc1cc(C#N)c2sc(B(O)O)cc2c1. The molecule has 2 rings (SSSR count). The summed E-state index contributed by atoms with van der Waals surface area (Å²) in [7, 11) is 2.45. The molecule has 2 aromatic rings. The smallest absolute Gasteiger partial charge is 0.423 e. The molecule has 2 N–H and O–H groups in total. The number of rotatable bonds is 3. The van der Waals surface area contributed by atoms with Crippen LogP contribution in [-0.2, 0) is 6.54 Å². The number of hydrogen-bond acceptors (Lipinski definition) is 5. The molecule has 0 aliphatic heterocycles. The molecule has 92 valence electrons. The molecule has 1 aromatic carbocycles. The average molecular weight is 260 g/mol. The summed E-state index contributed by atoms with van der Waals surface area (Å²) >= 11 is 1.25. The zero-order valence-corrected chi connectivity index (χ0v) is 11.0. The fourth-order valence-electron chi connectivity index (χ4n) is 1.90. The Morgan fingerprint density at radius 2 is 2.06 bits per heavy atom. The zero-order chi connectivity index (χ0) is 13.3. The van der Waals surface area contributed by atoms with Crippen molar-refractivity contribution in [3.05, 3.63) is 29.3 Å². The molecule has 0 aliphatic rings. The summed E-state index contributed by atoms with van der Waals surface area (Å²) in [5, 5.41) is 28.4. The van der Waals surface area contributed by atoms with Gasteiger partial charge in [0.25, 0.3) is 0 Å². The minimum Gasteiger partial charge on any atom is -0.423 e. The second kappa shape index (κ2) is 5.08. The standard InChI is InChI=1S/C12H13BN2O2S/c1-15(2)7-8-3-9-5-11(13(16)17)18-12(9)10(4-8)6-14/h3-5,16-17H,7H2,1-2H3. The van der Waals surface area contributed by atoms with E-state index in [2.05, 4.69) is 6.07 Å². The molecule has 0 saturated heterocycles. The third kappa shape index (κ3) is 2.55. The van der Waals surface area contributed by atoms with Crippen molar-refractivity contribution in [2.45, 2.75) is 6.54 Å². The van der Waals surface area contributed by atoms with Crippen LogP contribution >= 0.6 is 11.3 Å². The van der Waals surface area contributed by atoms with Crippen LogP contribution in [0.5, 0.6) is 0 Å². The Bertz CT molecular complexity index is 616. The normalized spacial score (nSPS) is 10.9. The lowest BCUT2D eigenvalue weighted by molar-refractivity contribution is 0.402. The molecule has 0 bridgehead atoms. The first kappa shape index (κ1) is 13.1. The second-order valence-corrected chi connectivity index (χ2v) is 5.52. The molecule has 18 heavy (non-hydrogen) atoms. The Morgan fingerprint density at radius 3 is 2.61 bits per heavy atom. The molecule has 1 heterocycles. The largest absolute Gasteiger partial charge is 0.499 e. The van der Waals surface area contributed by atoms with E-state index in [1.807, 2.05) is 31.1 Å². The van der Waals surface area contributed by atoms with Crippen LogP contribution in [0.25, 0.3) is 10.1 Å². The Balaban J connectivity index is 2.57. The summed E-state index contributed by atoms with van der Waals surface area (Å²) in [6.45, 7) is 0.747. The van der Waals surface area contributed by atoms with E-state index in [1.165, 1.54) is 11.3 Å². The van der Waals surface area contributed by atoms with Gasteiger partial charge in [0.2, 0.25) is 0 Å². The van der Waals surface area contributed by atoms with Crippen molar-refractivity contribution in [2.24, 2.45) is 0 Å². The monoisotopic (exact) mass is 260 g/mol. The maximum atomic E-state index is 9.18. The van der Waals surface area contributed by atoms with Crippen LogP contribution in [0.4, 0.5) is 0 Å². The first-order valence-electron chi connectivity index (χ1n) is 5.48. The molecule has 0 spiro atoms. The highest BCUT2D eigenvalue weighted by molar-refractivity contribution is 7.28. The van der Waals surface area contributed by atoms with E-state index in [0.717, 1.165) is 22.2 Å². The van der Waals surface area contributed by atoms with Crippen molar-refractivity contribution in [1.29, 1.82) is 5.26 Å². The van der Waals surface area contributed by atoms with Gasteiger partial charge in [0, 0.05) is 11.3 Å². The molecule has 0 amide bonds.